The lowest BCUT2D eigenvalue weighted by Gasteiger charge is -2.08. The number of halogens is 6. The number of nitrogens with one attached hydrogen (secondary N) is 1. The van der Waals surface area contributed by atoms with E-state index in [0.717, 1.165) is 0 Å². The molecule has 0 fully saturated rings. The van der Waals surface area contributed by atoms with Crippen LogP contribution in [0.3, 0.4) is 0 Å². The van der Waals surface area contributed by atoms with Crippen LogP contribution < -0.4 is 0 Å². The van der Waals surface area contributed by atoms with E-state index in [0.29, 0.717) is 0 Å². The van der Waals surface area contributed by atoms with Crippen LogP contribution >= 0.6 is 0 Å². The van der Waals surface area contributed by atoms with Gasteiger partial charge in [0.15, 0.2) is 0 Å². The Morgan fingerprint density at radius 3 is 2.31 bits per heavy atom. The number of aromatic nitrogens is 1. The van der Waals surface area contributed by atoms with Crippen molar-refractivity contribution in [3.63, 3.8) is 0 Å². The molecule has 2 rings (SSSR count). The lowest BCUT2D eigenvalue weighted by molar-refractivity contribution is -0.140. The van der Waals surface area contributed by atoms with E-state index >= 15 is 0 Å². The van der Waals surface area contributed by atoms with Gasteiger partial charge in [-0.2, -0.15) is 26.3 Å². The van der Waals surface area contributed by atoms with E-state index in [9.17, 15) is 31.1 Å². The van der Waals surface area contributed by atoms with Crippen LogP contribution in [0.2, 0.25) is 0 Å². The molecule has 1 aromatic heterocycles. The highest BCUT2D eigenvalue weighted by Crippen LogP contribution is 2.43. The highest BCUT2D eigenvalue weighted by atomic mass is 19.4. The van der Waals surface area contributed by atoms with E-state index in [2.05, 4.69) is 0 Å². The zero-order chi connectivity index (χ0) is 12.3. The number of alkyl halides is 5. The number of hydrogen-bond donors (Lipinski definition) is 1. The van der Waals surface area contributed by atoms with Crippen molar-refractivity contribution in [1.29, 1.82) is 0 Å². The summed E-state index contributed by atoms with van der Waals surface area (Å²) in [6.45, 7) is 0. The molecule has 0 unspecified atom stereocenters. The molecule has 0 aliphatic heterocycles. The Morgan fingerprint density at radius 1 is 1.25 bits per heavy atom. The van der Waals surface area contributed by atoms with Gasteiger partial charge >= 0.3 is 12.1 Å². The van der Waals surface area contributed by atoms with Crippen LogP contribution in [0.1, 0.15) is 21.6 Å². The van der Waals surface area contributed by atoms with E-state index in [1.165, 1.54) is 4.98 Å². The third-order valence-corrected chi connectivity index (χ3v) is 2.27. The summed E-state index contributed by atoms with van der Waals surface area (Å²) in [7, 11) is 0. The number of fused-ring (bicyclic) bond motifs is 1. The number of aromatic amines is 1. The van der Waals surface area contributed by atoms with E-state index in [1.807, 2.05) is 0 Å². The average Bonchev–Trinajstić information content (AvgIpc) is 2.46. The van der Waals surface area contributed by atoms with Gasteiger partial charge in [-0.1, -0.05) is 0 Å². The average molecular weight is 243 g/mol. The van der Waals surface area contributed by atoms with Crippen LogP contribution in [-0.4, -0.2) is 16.7 Å². The second kappa shape index (κ2) is 2.80. The van der Waals surface area contributed by atoms with E-state index in [-0.39, 0.29) is 0 Å². The molecular weight excluding hydrogens is 240 g/mol. The molecule has 0 radical (unpaired) electrons. The molecule has 0 atom stereocenters. The summed E-state index contributed by atoms with van der Waals surface area (Å²) in [6.07, 6.45) is -6.40. The number of ketones is 1. The van der Waals surface area contributed by atoms with Crippen molar-refractivity contribution in [1.82, 2.24) is 4.98 Å². The van der Waals surface area contributed by atoms with Gasteiger partial charge in [0, 0.05) is 5.69 Å². The third-order valence-electron chi connectivity index (χ3n) is 2.27. The SMILES string of the molecule is O=C1c2c([nH]c(F)c2C(F)(F)F)CC1(F)F. The number of carbonyl (C=O) groups is 1. The molecule has 1 N–H and O–H groups in total. The first-order valence-corrected chi connectivity index (χ1v) is 4.05. The summed E-state index contributed by atoms with van der Waals surface area (Å²) in [5.41, 5.74) is -3.93. The Kier molecular flexibility index (Phi) is 1.93. The first kappa shape index (κ1) is 11.0. The monoisotopic (exact) mass is 243 g/mol. The Labute approximate surface area is 84.2 Å². The van der Waals surface area contributed by atoms with Crippen LogP contribution in [0.25, 0.3) is 0 Å². The van der Waals surface area contributed by atoms with Crippen molar-refractivity contribution in [3.8, 4) is 0 Å². The van der Waals surface area contributed by atoms with Gasteiger partial charge in [-0.25, -0.2) is 0 Å². The summed E-state index contributed by atoms with van der Waals surface area (Å²) in [4.78, 5) is 12.5. The Bertz CT molecular complexity index is 472. The van der Waals surface area contributed by atoms with Gasteiger partial charge in [0.1, 0.15) is 5.56 Å². The van der Waals surface area contributed by atoms with Gasteiger partial charge in [0.2, 0.25) is 11.7 Å². The molecule has 0 amide bonds. The summed E-state index contributed by atoms with van der Waals surface area (Å²) in [6, 6.07) is 0. The van der Waals surface area contributed by atoms with E-state index < -0.39 is 47.1 Å². The molecule has 1 aliphatic carbocycles. The highest BCUT2D eigenvalue weighted by molar-refractivity contribution is 6.06. The van der Waals surface area contributed by atoms with Crippen LogP contribution in [0.4, 0.5) is 26.3 Å². The molecule has 1 aliphatic rings. The van der Waals surface area contributed by atoms with Gasteiger partial charge in [-0.05, 0) is 0 Å². The minimum absolute atomic E-state index is 0.708. The third kappa shape index (κ3) is 1.32. The molecule has 0 bridgehead atoms. The molecular formula is C8H3F6NO. The maximum atomic E-state index is 12.8. The summed E-state index contributed by atoms with van der Waals surface area (Å²) >= 11 is 0. The van der Waals surface area contributed by atoms with Crippen molar-refractivity contribution in [2.45, 2.75) is 18.5 Å². The number of hydrogen-bond acceptors (Lipinski definition) is 1. The van der Waals surface area contributed by atoms with Crippen LogP contribution in [-0.2, 0) is 12.6 Å². The Hall–Kier alpha value is -1.47. The smallest absolute Gasteiger partial charge is 0.334 e. The van der Waals surface area contributed by atoms with Crippen LogP contribution in [0.15, 0.2) is 0 Å². The number of carbonyl (C=O) groups excluding carboxylic acids is 1. The van der Waals surface area contributed by atoms with Gasteiger partial charge in [0.05, 0.1) is 12.0 Å². The lowest BCUT2D eigenvalue weighted by atomic mass is 10.1. The maximum absolute atomic E-state index is 12.8. The van der Waals surface area contributed by atoms with E-state index in [4.69, 9.17) is 0 Å². The molecule has 0 aromatic carbocycles. The Morgan fingerprint density at radius 2 is 1.81 bits per heavy atom. The molecule has 16 heavy (non-hydrogen) atoms. The van der Waals surface area contributed by atoms with Crippen molar-refractivity contribution in [2.24, 2.45) is 0 Å². The number of H-pyrrole nitrogens is 1. The molecule has 88 valence electrons. The minimum atomic E-state index is -5.18. The fourth-order valence-corrected chi connectivity index (χ4v) is 1.65. The lowest BCUT2D eigenvalue weighted by Crippen LogP contribution is -2.26. The molecule has 1 heterocycles. The van der Waals surface area contributed by atoms with Crippen molar-refractivity contribution < 1.29 is 31.1 Å². The quantitative estimate of drug-likeness (QED) is 0.698. The normalized spacial score (nSPS) is 19.0. The number of Topliss-reactive ketones (excluding diaryl/α,β-unsaturated/α-hetero) is 1. The maximum Gasteiger partial charge on any atom is 0.421 e. The Balaban J connectivity index is 2.66. The number of rotatable bonds is 0. The fourth-order valence-electron chi connectivity index (χ4n) is 1.65. The van der Waals surface area contributed by atoms with Crippen molar-refractivity contribution >= 4 is 5.78 Å². The predicted octanol–water partition coefficient (Wildman–Crippen LogP) is 2.55. The standard InChI is InChI=1S/C8H3F6NO/c9-6-4(8(12,13)14)3-2(15-6)1-7(10,11)5(3)16/h15H,1H2. The first-order chi connectivity index (χ1) is 7.14. The van der Waals surface area contributed by atoms with E-state index in [1.54, 1.807) is 0 Å². The predicted molar refractivity (Wildman–Crippen MR) is 38.7 cm³/mol. The van der Waals surface area contributed by atoms with Gasteiger partial charge in [-0.3, -0.25) is 4.79 Å². The molecule has 1 aromatic rings. The van der Waals surface area contributed by atoms with Gasteiger partial charge < -0.3 is 4.98 Å². The largest absolute Gasteiger partial charge is 0.421 e. The zero-order valence-corrected chi connectivity index (χ0v) is 7.38. The van der Waals surface area contributed by atoms with Gasteiger partial charge in [-0.15, -0.1) is 0 Å². The molecule has 0 saturated carbocycles. The molecule has 0 saturated heterocycles. The first-order valence-electron chi connectivity index (χ1n) is 4.05. The van der Waals surface area contributed by atoms with Crippen molar-refractivity contribution in [3.05, 3.63) is 22.8 Å². The summed E-state index contributed by atoms with van der Waals surface area (Å²) < 4.78 is 75.4. The summed E-state index contributed by atoms with van der Waals surface area (Å²) in [5.74, 6) is -7.69. The summed E-state index contributed by atoms with van der Waals surface area (Å²) in [5, 5.41) is 0. The molecule has 2 nitrogen and oxygen atoms in total. The van der Waals surface area contributed by atoms with Crippen LogP contribution in [0, 0.1) is 5.95 Å². The van der Waals surface area contributed by atoms with Crippen molar-refractivity contribution in [2.75, 3.05) is 0 Å². The minimum Gasteiger partial charge on any atom is -0.334 e. The molecule has 0 spiro atoms. The van der Waals surface area contributed by atoms with Crippen LogP contribution in [0.5, 0.6) is 0 Å². The van der Waals surface area contributed by atoms with Gasteiger partial charge in [0.25, 0.3) is 0 Å². The second-order valence-electron chi connectivity index (χ2n) is 3.38. The second-order valence-corrected chi connectivity index (χ2v) is 3.38. The fraction of sp³-hybridized carbons (Fsp3) is 0.375. The topological polar surface area (TPSA) is 32.9 Å². The zero-order valence-electron chi connectivity index (χ0n) is 7.38. The highest BCUT2D eigenvalue weighted by Gasteiger charge is 2.54. The molecule has 8 heteroatoms.